The fourth-order valence-corrected chi connectivity index (χ4v) is 0. The quantitative estimate of drug-likeness (QED) is 0.523. The van der Waals surface area contributed by atoms with Gasteiger partial charge in [0.25, 0.3) is 0 Å². The van der Waals surface area contributed by atoms with Crippen molar-refractivity contribution >= 4 is 69.4 Å². The zero-order valence-electron chi connectivity index (χ0n) is 6.31. The summed E-state index contributed by atoms with van der Waals surface area (Å²) in [5, 5.41) is 0. The molecule has 0 aliphatic rings. The highest BCUT2D eigenvalue weighted by Crippen LogP contribution is 1.15. The van der Waals surface area contributed by atoms with Crippen LogP contribution in [0.15, 0.2) is 0 Å². The van der Waals surface area contributed by atoms with Gasteiger partial charge in [0.05, 0.1) is 0 Å². The van der Waals surface area contributed by atoms with Gasteiger partial charge in [0, 0.05) is 69.4 Å². The maximum absolute atomic E-state index is 2.00. The van der Waals surface area contributed by atoms with Gasteiger partial charge in [0.2, 0.25) is 0 Å². The summed E-state index contributed by atoms with van der Waals surface area (Å²) in [4.78, 5) is 0. The monoisotopic (exact) mass is 200 g/mol. The van der Waals surface area contributed by atoms with Gasteiger partial charge in [0.1, 0.15) is 0 Å². The highest BCUT2D eigenvalue weighted by atomic mass is 27.0. The molecule has 10 heavy (non-hydrogen) atoms. The summed E-state index contributed by atoms with van der Waals surface area (Å²) in [5.41, 5.74) is 0. The lowest BCUT2D eigenvalue weighted by Gasteiger charge is -1.07. The maximum Gasteiger partial charge on any atom is 0 e. The molecule has 4 heteroatoms. The number of rotatable bonds is 0. The molecule has 0 unspecified atom stereocenters. The third-order valence-electron chi connectivity index (χ3n) is 0. The fourth-order valence-electron chi connectivity index (χ4n) is 0. The third kappa shape index (κ3) is 186. The molecular weight excluding hydrogens is 180 g/mol. The van der Waals surface area contributed by atoms with Crippen molar-refractivity contribution in [2.45, 2.75) is 42.5 Å². The van der Waals surface area contributed by atoms with Crippen molar-refractivity contribution in [3.05, 3.63) is 0 Å². The Labute approximate surface area is 111 Å². The molecule has 0 nitrogen and oxygen atoms in total. The first-order chi connectivity index (χ1) is 2.00. The molecule has 0 fully saturated rings. The summed E-state index contributed by atoms with van der Waals surface area (Å²) in [6.45, 7) is 8.00. The Kier molecular flexibility index (Phi) is 2220. The van der Waals surface area contributed by atoms with Gasteiger partial charge in [-0.15, -0.1) is 0 Å². The van der Waals surface area contributed by atoms with Crippen LogP contribution < -0.4 is 0 Å². The van der Waals surface area contributed by atoms with E-state index < -0.39 is 0 Å². The van der Waals surface area contributed by atoms with Crippen molar-refractivity contribution < 1.29 is 0 Å². The summed E-state index contributed by atoms with van der Waals surface area (Å²) in [7, 11) is 0. The van der Waals surface area contributed by atoms with E-state index in [1.807, 2.05) is 27.7 Å². The van der Waals surface area contributed by atoms with Gasteiger partial charge in [0.15, 0.2) is 0 Å². The van der Waals surface area contributed by atoms with Crippen molar-refractivity contribution in [2.75, 3.05) is 0 Å². The van der Waals surface area contributed by atoms with Gasteiger partial charge < -0.3 is 0 Å². The first-order valence-corrected chi connectivity index (χ1v) is 2.00. The molecule has 0 saturated carbocycles. The first kappa shape index (κ1) is 88.1. The SMILES string of the molecule is C.C.CC.CC.[Al].[Al].[Al].[Al]. The zero-order chi connectivity index (χ0) is 4.00. The molecule has 0 aromatic rings. The fraction of sp³-hybridized carbons (Fsp3) is 1.00. The molecule has 0 aliphatic carbocycles. The van der Waals surface area contributed by atoms with E-state index in [0.717, 1.165) is 0 Å². The smallest absolute Gasteiger partial charge is 0 e. The summed E-state index contributed by atoms with van der Waals surface area (Å²) < 4.78 is 0. The Morgan fingerprint density at radius 3 is 0.400 bits per heavy atom. The molecule has 0 N–H and O–H groups in total. The minimum Gasteiger partial charge on any atom is -0.0776 e. The summed E-state index contributed by atoms with van der Waals surface area (Å²) in [5.74, 6) is 0. The molecule has 0 aromatic carbocycles. The summed E-state index contributed by atoms with van der Waals surface area (Å²) >= 11 is 0. The Morgan fingerprint density at radius 1 is 0.400 bits per heavy atom. The zero-order valence-corrected chi connectivity index (χ0v) is 10.9. The van der Waals surface area contributed by atoms with Gasteiger partial charge in [-0.3, -0.25) is 0 Å². The normalized spacial score (nSPS) is 1.20. The third-order valence-corrected chi connectivity index (χ3v) is 0. The maximum atomic E-state index is 2.00. The molecule has 0 atom stereocenters. The topological polar surface area (TPSA) is 0 Å². The van der Waals surface area contributed by atoms with Crippen LogP contribution >= 0.6 is 0 Å². The lowest BCUT2D eigenvalue weighted by molar-refractivity contribution is 1.50. The Balaban J connectivity index is -0.000000000833. The Hall–Kier alpha value is 2.13. The van der Waals surface area contributed by atoms with Crippen molar-refractivity contribution in [2.24, 2.45) is 0 Å². The van der Waals surface area contributed by atoms with E-state index in [-0.39, 0.29) is 84.3 Å². The highest BCUT2D eigenvalue weighted by molar-refractivity contribution is 5.76. The second-order valence-electron chi connectivity index (χ2n) is 0. The van der Waals surface area contributed by atoms with Crippen LogP contribution in [0.4, 0.5) is 0 Å². The molecule has 0 saturated heterocycles. The lowest BCUT2D eigenvalue weighted by Crippen LogP contribution is -0.856. The van der Waals surface area contributed by atoms with Crippen molar-refractivity contribution in [3.8, 4) is 0 Å². The van der Waals surface area contributed by atoms with Crippen LogP contribution in [-0.4, -0.2) is 69.4 Å². The summed E-state index contributed by atoms with van der Waals surface area (Å²) in [6, 6.07) is 0. The van der Waals surface area contributed by atoms with Crippen molar-refractivity contribution in [1.82, 2.24) is 0 Å². The highest BCUT2D eigenvalue weighted by Gasteiger charge is 0.934. The van der Waals surface area contributed by atoms with Gasteiger partial charge in [-0.1, -0.05) is 42.5 Å². The van der Waals surface area contributed by atoms with Gasteiger partial charge in [-0.05, 0) is 0 Å². The minimum absolute atomic E-state index is 0. The predicted molar refractivity (Wildman–Crippen MR) is 59.2 cm³/mol. The second kappa shape index (κ2) is 252. The molecule has 12 radical (unpaired) electrons. The van der Waals surface area contributed by atoms with Crippen molar-refractivity contribution in [3.63, 3.8) is 0 Å². The van der Waals surface area contributed by atoms with E-state index in [0.29, 0.717) is 0 Å². The van der Waals surface area contributed by atoms with Crippen LogP contribution in [0, 0.1) is 0 Å². The van der Waals surface area contributed by atoms with Gasteiger partial charge >= 0.3 is 0 Å². The van der Waals surface area contributed by atoms with Gasteiger partial charge in [-0.2, -0.15) is 0 Å². The van der Waals surface area contributed by atoms with Crippen LogP contribution in [0.25, 0.3) is 0 Å². The molecule has 0 rings (SSSR count). The molecule has 0 amide bonds. The van der Waals surface area contributed by atoms with Crippen LogP contribution in [-0.2, 0) is 0 Å². The standard InChI is InChI=1S/2C2H6.2CH4.4Al/c2*1-2;;;;;;/h2*1-2H3;2*1H4;;;;. The number of hydrogen-bond acceptors (Lipinski definition) is 0. The van der Waals surface area contributed by atoms with Crippen LogP contribution in [0.5, 0.6) is 0 Å². The largest absolute Gasteiger partial charge is 0.0776 e. The first-order valence-electron chi connectivity index (χ1n) is 2.00. The second-order valence-corrected chi connectivity index (χ2v) is 0. The minimum atomic E-state index is 0. The Morgan fingerprint density at radius 2 is 0.400 bits per heavy atom. The molecule has 0 aromatic heterocycles. The summed E-state index contributed by atoms with van der Waals surface area (Å²) in [6.07, 6.45) is 0. The average molecular weight is 200 g/mol. The lowest BCUT2D eigenvalue weighted by atomic mass is 11.0. The average Bonchev–Trinajstić information content (AvgIpc) is 1.50. The molecule has 0 heterocycles. The van der Waals surface area contributed by atoms with E-state index in [2.05, 4.69) is 0 Å². The van der Waals surface area contributed by atoms with Crippen molar-refractivity contribution in [1.29, 1.82) is 0 Å². The van der Waals surface area contributed by atoms with E-state index in [1.165, 1.54) is 0 Å². The van der Waals surface area contributed by atoms with Crippen LogP contribution in [0.3, 0.4) is 0 Å². The van der Waals surface area contributed by atoms with E-state index in [9.17, 15) is 0 Å². The molecule has 0 aliphatic heterocycles. The van der Waals surface area contributed by atoms with Crippen LogP contribution in [0.1, 0.15) is 42.5 Å². The number of hydrogen-bond donors (Lipinski definition) is 0. The van der Waals surface area contributed by atoms with Crippen LogP contribution in [0.2, 0.25) is 0 Å². The van der Waals surface area contributed by atoms with E-state index in [4.69, 9.17) is 0 Å². The van der Waals surface area contributed by atoms with Gasteiger partial charge in [-0.25, -0.2) is 0 Å². The molecule has 0 spiro atoms. The predicted octanol–water partition coefficient (Wildman–Crippen LogP) is 1.80. The molecular formula is C6H20Al4. The van der Waals surface area contributed by atoms with E-state index >= 15 is 0 Å². The Bertz CT molecular complexity index is 9.71. The molecule has 56 valence electrons. The molecule has 0 bridgehead atoms. The van der Waals surface area contributed by atoms with E-state index in [1.54, 1.807) is 0 Å².